The molecule has 2 rings (SSSR count). The van der Waals surface area contributed by atoms with Crippen molar-refractivity contribution < 1.29 is 9.18 Å². The first kappa shape index (κ1) is 14.3. The number of benzene rings is 1. The summed E-state index contributed by atoms with van der Waals surface area (Å²) >= 11 is 6.30. The molecule has 0 aromatic heterocycles. The van der Waals surface area contributed by atoms with Crippen molar-refractivity contribution in [3.63, 3.8) is 0 Å². The molecule has 0 bridgehead atoms. The summed E-state index contributed by atoms with van der Waals surface area (Å²) in [7, 11) is 0. The van der Waals surface area contributed by atoms with Crippen molar-refractivity contribution in [2.24, 2.45) is 0 Å². The van der Waals surface area contributed by atoms with E-state index in [9.17, 15) is 9.18 Å². The Kier molecular flexibility index (Phi) is 4.81. The SMILES string of the molecule is Cc1cc(C(=O)NC2CCCCCC2Cl)ccc1F. The normalized spacial score (nSPS) is 23.7. The molecule has 1 N–H and O–H groups in total. The van der Waals surface area contributed by atoms with E-state index in [0.29, 0.717) is 11.1 Å². The summed E-state index contributed by atoms with van der Waals surface area (Å²) in [6.07, 6.45) is 5.24. The zero-order chi connectivity index (χ0) is 13.8. The van der Waals surface area contributed by atoms with Gasteiger partial charge in [-0.25, -0.2) is 4.39 Å². The van der Waals surface area contributed by atoms with Crippen molar-refractivity contribution in [1.29, 1.82) is 0 Å². The van der Waals surface area contributed by atoms with Crippen molar-refractivity contribution in [3.05, 3.63) is 35.1 Å². The largest absolute Gasteiger partial charge is 0.348 e. The monoisotopic (exact) mass is 283 g/mol. The molecule has 0 spiro atoms. The van der Waals surface area contributed by atoms with Crippen LogP contribution < -0.4 is 5.32 Å². The number of hydrogen-bond acceptors (Lipinski definition) is 1. The predicted octanol–water partition coefficient (Wildman–Crippen LogP) is 3.80. The van der Waals surface area contributed by atoms with Gasteiger partial charge in [0.1, 0.15) is 5.82 Å². The smallest absolute Gasteiger partial charge is 0.251 e. The molecule has 1 saturated carbocycles. The molecule has 0 heterocycles. The minimum absolute atomic E-state index is 0.00649. The number of carbonyl (C=O) groups is 1. The lowest BCUT2D eigenvalue weighted by atomic mass is 10.1. The highest BCUT2D eigenvalue weighted by atomic mass is 35.5. The minimum atomic E-state index is -0.291. The lowest BCUT2D eigenvalue weighted by Gasteiger charge is -2.21. The van der Waals surface area contributed by atoms with Gasteiger partial charge in [-0.2, -0.15) is 0 Å². The van der Waals surface area contributed by atoms with Crippen molar-refractivity contribution in [2.75, 3.05) is 0 Å². The van der Waals surface area contributed by atoms with Crippen LogP contribution in [-0.2, 0) is 0 Å². The molecule has 2 atom stereocenters. The Labute approximate surface area is 118 Å². The number of rotatable bonds is 2. The van der Waals surface area contributed by atoms with Gasteiger partial charge in [0.15, 0.2) is 0 Å². The summed E-state index contributed by atoms with van der Waals surface area (Å²) in [5.74, 6) is -0.457. The van der Waals surface area contributed by atoms with E-state index in [0.717, 1.165) is 25.7 Å². The first-order valence-corrected chi connectivity index (χ1v) is 7.22. The first-order valence-electron chi connectivity index (χ1n) is 6.79. The maximum atomic E-state index is 13.2. The Morgan fingerprint density at radius 2 is 2.05 bits per heavy atom. The summed E-state index contributed by atoms with van der Waals surface area (Å²) in [5.41, 5.74) is 0.975. The first-order chi connectivity index (χ1) is 9.08. The van der Waals surface area contributed by atoms with Crippen LogP contribution in [0.2, 0.25) is 0 Å². The van der Waals surface area contributed by atoms with Gasteiger partial charge in [-0.1, -0.05) is 19.3 Å². The van der Waals surface area contributed by atoms with E-state index in [-0.39, 0.29) is 23.1 Å². The number of amides is 1. The molecule has 2 nitrogen and oxygen atoms in total. The molecule has 0 aliphatic heterocycles. The summed E-state index contributed by atoms with van der Waals surface area (Å²) in [5, 5.41) is 2.97. The van der Waals surface area contributed by atoms with Gasteiger partial charge in [0.2, 0.25) is 0 Å². The van der Waals surface area contributed by atoms with E-state index >= 15 is 0 Å². The van der Waals surface area contributed by atoms with Crippen LogP contribution in [0.5, 0.6) is 0 Å². The third-order valence-corrected chi connectivity index (χ3v) is 4.19. The molecule has 4 heteroatoms. The summed E-state index contributed by atoms with van der Waals surface area (Å²) in [6, 6.07) is 4.43. The van der Waals surface area contributed by atoms with Gasteiger partial charge in [0, 0.05) is 11.6 Å². The average molecular weight is 284 g/mol. The second-order valence-corrected chi connectivity index (χ2v) is 5.76. The van der Waals surface area contributed by atoms with Gasteiger partial charge in [-0.3, -0.25) is 4.79 Å². The maximum absolute atomic E-state index is 13.2. The van der Waals surface area contributed by atoms with E-state index in [2.05, 4.69) is 5.32 Å². The summed E-state index contributed by atoms with van der Waals surface area (Å²) in [6.45, 7) is 1.65. The van der Waals surface area contributed by atoms with Crippen LogP contribution in [0.15, 0.2) is 18.2 Å². The molecule has 1 aromatic carbocycles. The molecule has 19 heavy (non-hydrogen) atoms. The lowest BCUT2D eigenvalue weighted by Crippen LogP contribution is -2.40. The molecule has 1 aromatic rings. The van der Waals surface area contributed by atoms with Crippen LogP contribution in [0, 0.1) is 12.7 Å². The molecular formula is C15H19ClFNO. The number of carbonyl (C=O) groups excluding carboxylic acids is 1. The van der Waals surface area contributed by atoms with Gasteiger partial charge in [0.05, 0.1) is 5.38 Å². The average Bonchev–Trinajstić information content (AvgIpc) is 2.58. The fourth-order valence-electron chi connectivity index (χ4n) is 2.46. The minimum Gasteiger partial charge on any atom is -0.348 e. The van der Waals surface area contributed by atoms with E-state index < -0.39 is 0 Å². The van der Waals surface area contributed by atoms with Crippen molar-refractivity contribution in [3.8, 4) is 0 Å². The van der Waals surface area contributed by atoms with Gasteiger partial charge in [-0.15, -0.1) is 11.6 Å². The molecule has 1 aliphatic carbocycles. The van der Waals surface area contributed by atoms with E-state index in [1.807, 2.05) is 0 Å². The Morgan fingerprint density at radius 1 is 1.32 bits per heavy atom. The van der Waals surface area contributed by atoms with E-state index in [4.69, 9.17) is 11.6 Å². The van der Waals surface area contributed by atoms with Crippen LogP contribution >= 0.6 is 11.6 Å². The predicted molar refractivity (Wildman–Crippen MR) is 75.1 cm³/mol. The zero-order valence-electron chi connectivity index (χ0n) is 11.1. The van der Waals surface area contributed by atoms with Crippen LogP contribution in [0.25, 0.3) is 0 Å². The summed E-state index contributed by atoms with van der Waals surface area (Å²) in [4.78, 5) is 12.1. The quantitative estimate of drug-likeness (QED) is 0.649. The van der Waals surface area contributed by atoms with Crippen LogP contribution in [0.4, 0.5) is 4.39 Å². The number of hydrogen-bond donors (Lipinski definition) is 1. The number of nitrogens with one attached hydrogen (secondary N) is 1. The Hall–Kier alpha value is -1.09. The number of alkyl halides is 1. The topological polar surface area (TPSA) is 29.1 Å². The second kappa shape index (κ2) is 6.38. The van der Waals surface area contributed by atoms with Crippen LogP contribution in [-0.4, -0.2) is 17.3 Å². The third kappa shape index (κ3) is 3.69. The highest BCUT2D eigenvalue weighted by molar-refractivity contribution is 6.21. The molecule has 1 aliphatic rings. The molecule has 104 valence electrons. The standard InChI is InChI=1S/C15H19ClFNO/c1-10-9-11(7-8-13(10)17)15(19)18-14-6-4-2-3-5-12(14)16/h7-9,12,14H,2-6H2,1H3,(H,18,19). The molecular weight excluding hydrogens is 265 g/mol. The zero-order valence-corrected chi connectivity index (χ0v) is 11.8. The van der Waals surface area contributed by atoms with Crippen molar-refractivity contribution in [2.45, 2.75) is 50.4 Å². The maximum Gasteiger partial charge on any atom is 0.251 e. The van der Waals surface area contributed by atoms with E-state index in [1.165, 1.54) is 18.6 Å². The Balaban J connectivity index is 2.05. The molecule has 1 amide bonds. The molecule has 0 radical (unpaired) electrons. The number of halogens is 2. The second-order valence-electron chi connectivity index (χ2n) is 5.20. The van der Waals surface area contributed by atoms with E-state index in [1.54, 1.807) is 13.0 Å². The number of aryl methyl sites for hydroxylation is 1. The van der Waals surface area contributed by atoms with Gasteiger partial charge in [-0.05, 0) is 43.5 Å². The van der Waals surface area contributed by atoms with Gasteiger partial charge < -0.3 is 5.32 Å². The highest BCUT2D eigenvalue weighted by Gasteiger charge is 2.23. The molecule has 2 unspecified atom stereocenters. The third-order valence-electron chi connectivity index (χ3n) is 3.67. The van der Waals surface area contributed by atoms with Crippen molar-refractivity contribution >= 4 is 17.5 Å². The van der Waals surface area contributed by atoms with Crippen LogP contribution in [0.3, 0.4) is 0 Å². The van der Waals surface area contributed by atoms with Crippen LogP contribution in [0.1, 0.15) is 48.0 Å². The van der Waals surface area contributed by atoms with Crippen molar-refractivity contribution in [1.82, 2.24) is 5.32 Å². The highest BCUT2D eigenvalue weighted by Crippen LogP contribution is 2.22. The fourth-order valence-corrected chi connectivity index (χ4v) is 2.81. The van der Waals surface area contributed by atoms with Gasteiger partial charge >= 0.3 is 0 Å². The Bertz CT molecular complexity index is 463. The Morgan fingerprint density at radius 3 is 2.79 bits per heavy atom. The fraction of sp³-hybridized carbons (Fsp3) is 0.533. The molecule has 1 fully saturated rings. The van der Waals surface area contributed by atoms with Gasteiger partial charge in [0.25, 0.3) is 5.91 Å². The summed E-state index contributed by atoms with van der Waals surface area (Å²) < 4.78 is 13.2. The molecule has 0 saturated heterocycles. The lowest BCUT2D eigenvalue weighted by molar-refractivity contribution is 0.0934.